The van der Waals surface area contributed by atoms with E-state index in [1.807, 2.05) is 0 Å². The maximum Gasteiger partial charge on any atom is 0.356 e. The van der Waals surface area contributed by atoms with Gasteiger partial charge in [0.2, 0.25) is 0 Å². The monoisotopic (exact) mass is 257 g/mol. The number of anilines is 1. The number of hydrogen-bond acceptors (Lipinski definition) is 2. The van der Waals surface area contributed by atoms with E-state index in [1.165, 1.54) is 6.07 Å². The molecule has 0 aliphatic heterocycles. The molecule has 84 valence electrons. The van der Waals surface area contributed by atoms with E-state index in [9.17, 15) is 14.4 Å². The zero-order valence-corrected chi connectivity index (χ0v) is 9.74. The lowest BCUT2D eigenvalue weighted by molar-refractivity contribution is 0.388. The summed E-state index contributed by atoms with van der Waals surface area (Å²) < 4.78 is 11.3. The van der Waals surface area contributed by atoms with E-state index in [1.54, 1.807) is 24.3 Å². The van der Waals surface area contributed by atoms with Crippen molar-refractivity contribution in [3.8, 4) is 0 Å². The molecule has 0 amide bonds. The van der Waals surface area contributed by atoms with Gasteiger partial charge in [-0.2, -0.15) is 0 Å². The lowest BCUT2D eigenvalue weighted by Gasteiger charge is -2.11. The quantitative estimate of drug-likeness (QED) is 0.538. The predicted octanol–water partition coefficient (Wildman–Crippen LogP) is 1.88. The number of benzene rings is 2. The highest BCUT2D eigenvalue weighted by Crippen LogP contribution is 2.39. The van der Waals surface area contributed by atoms with Gasteiger partial charge >= 0.3 is 7.60 Å². The van der Waals surface area contributed by atoms with Gasteiger partial charge in [-0.15, -0.1) is 0 Å². The van der Waals surface area contributed by atoms with E-state index in [0.29, 0.717) is 16.5 Å². The maximum atomic E-state index is 11.3. The second kappa shape index (κ2) is 3.75. The normalized spacial score (nSPS) is 11.9. The van der Waals surface area contributed by atoms with Crippen molar-refractivity contribution in [2.45, 2.75) is 0 Å². The highest BCUT2D eigenvalue weighted by molar-refractivity contribution is 7.60. The number of hydrogen-bond donors (Lipinski definition) is 3. The Morgan fingerprint density at radius 2 is 1.75 bits per heavy atom. The van der Waals surface area contributed by atoms with Gasteiger partial charge in [-0.05, 0) is 11.5 Å². The van der Waals surface area contributed by atoms with Gasteiger partial charge in [0.25, 0.3) is 0 Å². The third-order valence-electron chi connectivity index (χ3n) is 2.33. The zero-order chi connectivity index (χ0) is 11.9. The Balaban J connectivity index is 2.96. The van der Waals surface area contributed by atoms with Gasteiger partial charge in [-0.3, -0.25) is 4.57 Å². The number of nitrogen functional groups attached to an aromatic ring is 1. The first kappa shape index (κ1) is 11.4. The Morgan fingerprint density at radius 3 is 2.31 bits per heavy atom. The van der Waals surface area contributed by atoms with Crippen molar-refractivity contribution < 1.29 is 14.4 Å². The minimum atomic E-state index is -4.35. The van der Waals surface area contributed by atoms with Crippen LogP contribution < -0.4 is 11.0 Å². The minimum absolute atomic E-state index is 0.0951. The largest absolute Gasteiger partial charge is 0.397 e. The highest BCUT2D eigenvalue weighted by atomic mass is 35.5. The van der Waals surface area contributed by atoms with Gasteiger partial charge in [0.1, 0.15) is 0 Å². The van der Waals surface area contributed by atoms with E-state index in [0.717, 1.165) is 0 Å². The summed E-state index contributed by atoms with van der Waals surface area (Å²) in [5.41, 5.74) is 6.07. The Morgan fingerprint density at radius 1 is 1.19 bits per heavy atom. The summed E-state index contributed by atoms with van der Waals surface area (Å²) in [5, 5.41) is 1.03. The van der Waals surface area contributed by atoms with Gasteiger partial charge in [-0.25, -0.2) is 0 Å². The lowest BCUT2D eigenvalue weighted by Crippen LogP contribution is -2.07. The van der Waals surface area contributed by atoms with Crippen molar-refractivity contribution in [3.63, 3.8) is 0 Å². The standard InChI is InChI=1S/C10H9ClNO3P/c11-8-5-9(16(13,14)15)6-3-1-2-4-7(6)10(8)12/h1-5H,12H2,(H2,13,14,15). The molecular formula is C10H9ClNO3P. The Bertz CT molecular complexity index is 608. The van der Waals surface area contributed by atoms with E-state index in [4.69, 9.17) is 17.3 Å². The average molecular weight is 258 g/mol. The molecule has 4 nitrogen and oxygen atoms in total. The SMILES string of the molecule is Nc1c(Cl)cc(P(=O)(O)O)c2ccccc12. The summed E-state index contributed by atoms with van der Waals surface area (Å²) in [6, 6.07) is 7.93. The molecule has 2 rings (SSSR count). The number of halogens is 1. The van der Waals surface area contributed by atoms with Crippen molar-refractivity contribution in [1.29, 1.82) is 0 Å². The smallest absolute Gasteiger partial charge is 0.356 e. The summed E-state index contributed by atoms with van der Waals surface area (Å²) in [5.74, 6) is 0. The van der Waals surface area contributed by atoms with Crippen LogP contribution in [0.1, 0.15) is 0 Å². The van der Waals surface area contributed by atoms with Gasteiger partial charge in [0.05, 0.1) is 16.0 Å². The fourth-order valence-corrected chi connectivity index (χ4v) is 2.68. The second-order valence-corrected chi connectivity index (χ2v) is 5.36. The fourth-order valence-electron chi connectivity index (χ4n) is 1.59. The molecule has 0 bridgehead atoms. The first-order valence-corrected chi connectivity index (χ1v) is 6.43. The number of nitrogens with two attached hydrogens (primary N) is 1. The summed E-state index contributed by atoms with van der Waals surface area (Å²) >= 11 is 5.83. The molecule has 0 aromatic heterocycles. The molecule has 0 radical (unpaired) electrons. The minimum Gasteiger partial charge on any atom is -0.397 e. The molecule has 0 saturated heterocycles. The van der Waals surface area contributed by atoms with E-state index >= 15 is 0 Å². The molecule has 0 fully saturated rings. The van der Waals surface area contributed by atoms with E-state index < -0.39 is 7.60 Å². The van der Waals surface area contributed by atoms with Crippen molar-refractivity contribution in [2.75, 3.05) is 5.73 Å². The average Bonchev–Trinajstić information content (AvgIpc) is 2.22. The first-order chi connectivity index (χ1) is 7.41. The van der Waals surface area contributed by atoms with Gasteiger partial charge in [0, 0.05) is 5.39 Å². The molecule has 16 heavy (non-hydrogen) atoms. The molecule has 0 saturated carbocycles. The Labute approximate surface area is 96.8 Å². The lowest BCUT2D eigenvalue weighted by atomic mass is 10.1. The van der Waals surface area contributed by atoms with Crippen LogP contribution in [0.2, 0.25) is 5.02 Å². The molecule has 2 aromatic rings. The van der Waals surface area contributed by atoms with Crippen LogP contribution in [-0.2, 0) is 4.57 Å². The van der Waals surface area contributed by atoms with Crippen LogP contribution in [0.4, 0.5) is 5.69 Å². The van der Waals surface area contributed by atoms with Crippen LogP contribution in [-0.4, -0.2) is 9.79 Å². The summed E-state index contributed by atoms with van der Waals surface area (Å²) in [4.78, 5) is 18.4. The molecule has 0 atom stereocenters. The molecule has 6 heteroatoms. The van der Waals surface area contributed by atoms with Crippen LogP contribution in [0.15, 0.2) is 30.3 Å². The third kappa shape index (κ3) is 1.81. The third-order valence-corrected chi connectivity index (χ3v) is 3.64. The molecule has 0 spiro atoms. The fraction of sp³-hybridized carbons (Fsp3) is 0. The molecule has 0 heterocycles. The summed E-state index contributed by atoms with van der Waals surface area (Å²) in [6.07, 6.45) is 0. The molecule has 0 unspecified atom stereocenters. The molecular weight excluding hydrogens is 249 g/mol. The van der Waals surface area contributed by atoms with Crippen LogP contribution in [0.5, 0.6) is 0 Å². The zero-order valence-electron chi connectivity index (χ0n) is 8.09. The van der Waals surface area contributed by atoms with E-state index in [-0.39, 0.29) is 10.3 Å². The van der Waals surface area contributed by atoms with E-state index in [2.05, 4.69) is 0 Å². The molecule has 0 aliphatic carbocycles. The van der Waals surface area contributed by atoms with Crippen LogP contribution >= 0.6 is 19.2 Å². The van der Waals surface area contributed by atoms with Gasteiger partial charge < -0.3 is 15.5 Å². The maximum absolute atomic E-state index is 11.3. The summed E-state index contributed by atoms with van der Waals surface area (Å²) in [6.45, 7) is 0. The van der Waals surface area contributed by atoms with Crippen molar-refractivity contribution in [2.24, 2.45) is 0 Å². The van der Waals surface area contributed by atoms with Crippen LogP contribution in [0, 0.1) is 0 Å². The molecule has 4 N–H and O–H groups in total. The van der Waals surface area contributed by atoms with Crippen molar-refractivity contribution in [3.05, 3.63) is 35.4 Å². The first-order valence-electron chi connectivity index (χ1n) is 4.44. The Kier molecular flexibility index (Phi) is 2.68. The van der Waals surface area contributed by atoms with Crippen molar-refractivity contribution >= 4 is 41.0 Å². The highest BCUT2D eigenvalue weighted by Gasteiger charge is 2.22. The summed E-state index contributed by atoms with van der Waals surface area (Å²) in [7, 11) is -4.35. The van der Waals surface area contributed by atoms with Gasteiger partial charge in [-0.1, -0.05) is 35.9 Å². The number of rotatable bonds is 1. The Hall–Kier alpha value is -1.06. The predicted molar refractivity (Wildman–Crippen MR) is 65.0 cm³/mol. The second-order valence-electron chi connectivity index (χ2n) is 3.38. The van der Waals surface area contributed by atoms with Crippen molar-refractivity contribution in [1.82, 2.24) is 0 Å². The van der Waals surface area contributed by atoms with Crippen LogP contribution in [0.25, 0.3) is 10.8 Å². The van der Waals surface area contributed by atoms with Gasteiger partial charge in [0.15, 0.2) is 0 Å². The van der Waals surface area contributed by atoms with Crippen LogP contribution in [0.3, 0.4) is 0 Å². The topological polar surface area (TPSA) is 83.6 Å². The molecule has 2 aromatic carbocycles. The molecule has 0 aliphatic rings. The number of fused-ring (bicyclic) bond motifs is 1.